The van der Waals surface area contributed by atoms with E-state index in [2.05, 4.69) is 15.6 Å². The van der Waals surface area contributed by atoms with Gasteiger partial charge >= 0.3 is 6.03 Å². The van der Waals surface area contributed by atoms with Gasteiger partial charge in [-0.25, -0.2) is 9.78 Å². The smallest absolute Gasteiger partial charge is 0.325 e. The number of hydrogen-bond acceptors (Lipinski definition) is 4. The number of pyridine rings is 1. The minimum Gasteiger partial charge on any atom is -0.494 e. The van der Waals surface area contributed by atoms with E-state index in [0.717, 1.165) is 0 Å². The van der Waals surface area contributed by atoms with Crippen molar-refractivity contribution in [2.45, 2.75) is 0 Å². The summed E-state index contributed by atoms with van der Waals surface area (Å²) in [7, 11) is 3.03. The highest BCUT2D eigenvalue weighted by Crippen LogP contribution is 2.34. The topological polar surface area (TPSA) is 72.5 Å². The monoisotopic (exact) mass is 307 g/mol. The highest BCUT2D eigenvalue weighted by Gasteiger charge is 2.13. The Labute approximate surface area is 127 Å². The zero-order valence-electron chi connectivity index (χ0n) is 11.5. The van der Waals surface area contributed by atoms with Crippen molar-refractivity contribution < 1.29 is 14.3 Å². The summed E-state index contributed by atoms with van der Waals surface area (Å²) in [5.41, 5.74) is 0.439. The molecular weight excluding hydrogens is 294 g/mol. The number of carbonyl (C=O) groups is 1. The summed E-state index contributed by atoms with van der Waals surface area (Å²) in [4.78, 5) is 16.0. The van der Waals surface area contributed by atoms with Crippen LogP contribution in [0.2, 0.25) is 5.02 Å². The first kappa shape index (κ1) is 14.9. The normalized spacial score (nSPS) is 9.86. The van der Waals surface area contributed by atoms with Crippen LogP contribution in [0.25, 0.3) is 0 Å². The lowest BCUT2D eigenvalue weighted by Crippen LogP contribution is -2.20. The second kappa shape index (κ2) is 6.81. The predicted octanol–water partition coefficient (Wildman–Crippen LogP) is 3.40. The number of urea groups is 1. The molecule has 110 valence electrons. The molecule has 1 heterocycles. The molecule has 0 spiro atoms. The molecule has 0 atom stereocenters. The largest absolute Gasteiger partial charge is 0.494 e. The van der Waals surface area contributed by atoms with Crippen LogP contribution >= 0.6 is 11.6 Å². The van der Waals surface area contributed by atoms with Gasteiger partial charge < -0.3 is 14.8 Å². The number of nitrogens with zero attached hydrogens (tertiary/aromatic N) is 1. The van der Waals surface area contributed by atoms with E-state index in [1.165, 1.54) is 20.4 Å². The van der Waals surface area contributed by atoms with E-state index >= 15 is 0 Å². The van der Waals surface area contributed by atoms with E-state index in [4.69, 9.17) is 21.1 Å². The fourth-order valence-corrected chi connectivity index (χ4v) is 1.80. The Morgan fingerprint density at radius 3 is 2.29 bits per heavy atom. The third-order valence-corrected chi connectivity index (χ3v) is 2.86. The fraction of sp³-hybridized carbons (Fsp3) is 0.143. The molecule has 2 aromatic rings. The number of hydrogen-bond donors (Lipinski definition) is 2. The number of halogens is 1. The standard InChI is InChI=1S/C14H14ClN3O3/c1-20-10-4-3-5-11(21-2)13(10)18-14(19)17-12-7-6-9(15)8-16-12/h3-8H,1-2H3,(H2,16,17,18,19). The molecule has 0 fully saturated rings. The molecule has 21 heavy (non-hydrogen) atoms. The van der Waals surface area contributed by atoms with Crippen molar-refractivity contribution in [1.29, 1.82) is 0 Å². The maximum atomic E-state index is 12.0. The number of carbonyl (C=O) groups excluding carboxylic acids is 1. The van der Waals surface area contributed by atoms with Gasteiger partial charge in [0.1, 0.15) is 23.0 Å². The fourth-order valence-electron chi connectivity index (χ4n) is 1.69. The highest BCUT2D eigenvalue weighted by atomic mass is 35.5. The minimum absolute atomic E-state index is 0.380. The third-order valence-electron chi connectivity index (χ3n) is 2.64. The van der Waals surface area contributed by atoms with Gasteiger partial charge in [-0.3, -0.25) is 5.32 Å². The van der Waals surface area contributed by atoms with E-state index in [-0.39, 0.29) is 0 Å². The van der Waals surface area contributed by atoms with Gasteiger partial charge in [-0.15, -0.1) is 0 Å². The van der Waals surface area contributed by atoms with Crippen LogP contribution in [0.5, 0.6) is 11.5 Å². The van der Waals surface area contributed by atoms with Crippen LogP contribution in [-0.2, 0) is 0 Å². The van der Waals surface area contributed by atoms with Gasteiger partial charge in [-0.2, -0.15) is 0 Å². The Hall–Kier alpha value is -2.47. The zero-order valence-corrected chi connectivity index (χ0v) is 12.3. The zero-order chi connectivity index (χ0) is 15.2. The van der Waals surface area contributed by atoms with Crippen LogP contribution in [-0.4, -0.2) is 25.2 Å². The molecule has 1 aromatic carbocycles. The Kier molecular flexibility index (Phi) is 4.84. The van der Waals surface area contributed by atoms with E-state index in [1.54, 1.807) is 30.3 Å². The second-order valence-electron chi connectivity index (χ2n) is 3.98. The summed E-state index contributed by atoms with van der Waals surface area (Å²) < 4.78 is 10.4. The molecule has 0 aliphatic heterocycles. The first-order valence-corrected chi connectivity index (χ1v) is 6.42. The molecule has 0 aliphatic rings. The second-order valence-corrected chi connectivity index (χ2v) is 4.41. The van der Waals surface area contributed by atoms with Gasteiger partial charge in [0.2, 0.25) is 0 Å². The molecule has 2 rings (SSSR count). The number of methoxy groups -OCH3 is 2. The van der Waals surface area contributed by atoms with Crippen LogP contribution in [0.15, 0.2) is 36.5 Å². The van der Waals surface area contributed by atoms with Gasteiger partial charge in [0.25, 0.3) is 0 Å². The number of amides is 2. The molecule has 0 bridgehead atoms. The molecule has 6 nitrogen and oxygen atoms in total. The molecule has 0 radical (unpaired) electrons. The number of para-hydroxylation sites is 1. The average molecular weight is 308 g/mol. The average Bonchev–Trinajstić information content (AvgIpc) is 2.49. The van der Waals surface area contributed by atoms with Crippen molar-refractivity contribution >= 4 is 29.1 Å². The third kappa shape index (κ3) is 3.76. The summed E-state index contributed by atoms with van der Waals surface area (Å²) in [6.07, 6.45) is 1.45. The Morgan fingerprint density at radius 2 is 1.76 bits per heavy atom. The molecule has 1 aromatic heterocycles. The molecule has 0 saturated carbocycles. The number of ether oxygens (including phenoxy) is 2. The van der Waals surface area contributed by atoms with E-state index in [1.807, 2.05) is 0 Å². The number of anilines is 2. The maximum Gasteiger partial charge on any atom is 0.325 e. The van der Waals surface area contributed by atoms with E-state index in [0.29, 0.717) is 28.0 Å². The van der Waals surface area contributed by atoms with Crippen molar-refractivity contribution in [3.05, 3.63) is 41.6 Å². The molecular formula is C14H14ClN3O3. The quantitative estimate of drug-likeness (QED) is 0.908. The van der Waals surface area contributed by atoms with Crippen LogP contribution in [0.3, 0.4) is 0 Å². The summed E-state index contributed by atoms with van der Waals surface area (Å²) in [6, 6.07) is 7.97. The molecule has 2 N–H and O–H groups in total. The lowest BCUT2D eigenvalue weighted by atomic mass is 10.2. The molecule has 0 unspecified atom stereocenters. The number of rotatable bonds is 4. The number of benzene rings is 1. The molecule has 0 saturated heterocycles. The Balaban J connectivity index is 2.14. The first-order valence-electron chi connectivity index (χ1n) is 6.04. The van der Waals surface area contributed by atoms with Gasteiger partial charge in [0.05, 0.1) is 19.2 Å². The summed E-state index contributed by atoms with van der Waals surface area (Å²) >= 11 is 5.73. The number of nitrogens with one attached hydrogen (secondary N) is 2. The van der Waals surface area contributed by atoms with Crippen molar-refractivity contribution in [2.24, 2.45) is 0 Å². The molecule has 2 amide bonds. The van der Waals surface area contributed by atoms with Crippen LogP contribution in [0, 0.1) is 0 Å². The summed E-state index contributed by atoms with van der Waals surface area (Å²) in [5.74, 6) is 1.37. The van der Waals surface area contributed by atoms with Gasteiger partial charge in [-0.05, 0) is 24.3 Å². The SMILES string of the molecule is COc1cccc(OC)c1NC(=O)Nc1ccc(Cl)cn1. The van der Waals surface area contributed by atoms with E-state index in [9.17, 15) is 4.79 Å². The van der Waals surface area contributed by atoms with Crippen molar-refractivity contribution in [1.82, 2.24) is 4.98 Å². The van der Waals surface area contributed by atoms with Crippen molar-refractivity contribution in [3.63, 3.8) is 0 Å². The maximum absolute atomic E-state index is 12.0. The van der Waals surface area contributed by atoms with E-state index < -0.39 is 6.03 Å². The minimum atomic E-state index is -0.465. The summed E-state index contributed by atoms with van der Waals surface area (Å²) in [6.45, 7) is 0. The Bertz CT molecular complexity index is 610. The highest BCUT2D eigenvalue weighted by molar-refractivity contribution is 6.30. The van der Waals surface area contributed by atoms with Gasteiger partial charge in [0.15, 0.2) is 0 Å². The van der Waals surface area contributed by atoms with Crippen LogP contribution < -0.4 is 20.1 Å². The van der Waals surface area contributed by atoms with Crippen molar-refractivity contribution in [2.75, 3.05) is 24.9 Å². The van der Waals surface area contributed by atoms with Crippen molar-refractivity contribution in [3.8, 4) is 11.5 Å². The summed E-state index contributed by atoms with van der Waals surface area (Å²) in [5, 5.41) is 5.75. The predicted molar refractivity (Wildman–Crippen MR) is 81.4 cm³/mol. The van der Waals surface area contributed by atoms with Gasteiger partial charge in [0, 0.05) is 6.20 Å². The number of aromatic nitrogens is 1. The van der Waals surface area contributed by atoms with Crippen LogP contribution in [0.4, 0.5) is 16.3 Å². The molecule has 7 heteroatoms. The van der Waals surface area contributed by atoms with Crippen LogP contribution in [0.1, 0.15) is 0 Å². The lowest BCUT2D eigenvalue weighted by Gasteiger charge is -2.14. The molecule has 0 aliphatic carbocycles. The Morgan fingerprint density at radius 1 is 1.10 bits per heavy atom. The first-order chi connectivity index (χ1) is 10.1. The van der Waals surface area contributed by atoms with Gasteiger partial charge in [-0.1, -0.05) is 17.7 Å². The lowest BCUT2D eigenvalue weighted by molar-refractivity contribution is 0.261.